The summed E-state index contributed by atoms with van der Waals surface area (Å²) in [7, 11) is 4.07. The smallest absolute Gasteiger partial charge is 0.0597 e. The van der Waals surface area contributed by atoms with Crippen LogP contribution in [0.15, 0.2) is 6.07 Å². The summed E-state index contributed by atoms with van der Waals surface area (Å²) in [6.07, 6.45) is 5.48. The van der Waals surface area contributed by atoms with E-state index in [0.717, 1.165) is 11.6 Å². The number of rotatable bonds is 5. The molecule has 0 saturated heterocycles. The Hall–Kier alpha value is -0.830. The molecular formula is C12H21N3. The lowest BCUT2D eigenvalue weighted by molar-refractivity contribution is 0.475. The van der Waals surface area contributed by atoms with Gasteiger partial charge in [-0.05, 0) is 38.8 Å². The van der Waals surface area contributed by atoms with Gasteiger partial charge in [-0.25, -0.2) is 0 Å². The van der Waals surface area contributed by atoms with Gasteiger partial charge in [0.2, 0.25) is 0 Å². The second-order valence-corrected chi connectivity index (χ2v) is 4.70. The van der Waals surface area contributed by atoms with Gasteiger partial charge >= 0.3 is 0 Å². The lowest BCUT2D eigenvalue weighted by atomic mass is 10.1. The molecular weight excluding hydrogens is 186 g/mol. The first-order valence-corrected chi connectivity index (χ1v) is 5.88. The van der Waals surface area contributed by atoms with Crippen molar-refractivity contribution in [2.24, 2.45) is 13.0 Å². The molecule has 2 rings (SSSR count). The fraction of sp³-hybridized carbons (Fsp3) is 0.750. The van der Waals surface area contributed by atoms with Crippen LogP contribution >= 0.6 is 0 Å². The van der Waals surface area contributed by atoms with Crippen molar-refractivity contribution in [1.29, 1.82) is 0 Å². The third-order valence-corrected chi connectivity index (χ3v) is 3.30. The van der Waals surface area contributed by atoms with Crippen LogP contribution in [0.3, 0.4) is 0 Å². The molecule has 1 aromatic rings. The molecule has 1 N–H and O–H groups in total. The molecule has 1 heterocycles. The van der Waals surface area contributed by atoms with E-state index >= 15 is 0 Å². The molecule has 0 bridgehead atoms. The predicted molar refractivity (Wildman–Crippen MR) is 61.7 cm³/mol. The molecule has 84 valence electrons. The molecule has 1 aliphatic carbocycles. The summed E-state index contributed by atoms with van der Waals surface area (Å²) in [5.41, 5.74) is 2.43. The van der Waals surface area contributed by atoms with E-state index in [2.05, 4.69) is 23.4 Å². The number of aromatic nitrogens is 2. The van der Waals surface area contributed by atoms with Crippen LogP contribution in [0.25, 0.3) is 0 Å². The standard InChI is InChI=1S/C12H21N3/c1-9-8-12(15(3)14-9)11(13-2)7-6-10-4-5-10/h8,10-11,13H,4-7H2,1-3H3. The van der Waals surface area contributed by atoms with Gasteiger partial charge in [0.05, 0.1) is 11.4 Å². The monoisotopic (exact) mass is 207 g/mol. The Morgan fingerprint density at radius 1 is 1.60 bits per heavy atom. The summed E-state index contributed by atoms with van der Waals surface area (Å²) < 4.78 is 2.00. The van der Waals surface area contributed by atoms with Crippen molar-refractivity contribution in [2.75, 3.05) is 7.05 Å². The van der Waals surface area contributed by atoms with Gasteiger partial charge in [-0.15, -0.1) is 0 Å². The SMILES string of the molecule is CNC(CCC1CC1)c1cc(C)nn1C. The van der Waals surface area contributed by atoms with E-state index in [1.165, 1.54) is 31.4 Å². The Balaban J connectivity index is 2.00. The van der Waals surface area contributed by atoms with E-state index in [0.29, 0.717) is 6.04 Å². The summed E-state index contributed by atoms with van der Waals surface area (Å²) in [4.78, 5) is 0. The van der Waals surface area contributed by atoms with E-state index in [9.17, 15) is 0 Å². The molecule has 1 fully saturated rings. The number of nitrogens with one attached hydrogen (secondary N) is 1. The summed E-state index contributed by atoms with van der Waals surface area (Å²) in [6.45, 7) is 2.05. The molecule has 0 radical (unpaired) electrons. The molecule has 15 heavy (non-hydrogen) atoms. The highest BCUT2D eigenvalue weighted by molar-refractivity contribution is 5.13. The van der Waals surface area contributed by atoms with Gasteiger partial charge in [-0.2, -0.15) is 5.10 Å². The van der Waals surface area contributed by atoms with Gasteiger partial charge < -0.3 is 5.32 Å². The maximum absolute atomic E-state index is 4.40. The molecule has 0 aliphatic heterocycles. The highest BCUT2D eigenvalue weighted by Crippen LogP contribution is 2.35. The van der Waals surface area contributed by atoms with E-state index in [4.69, 9.17) is 0 Å². The minimum absolute atomic E-state index is 0.469. The van der Waals surface area contributed by atoms with Crippen LogP contribution in [0.1, 0.15) is 43.1 Å². The lowest BCUT2D eigenvalue weighted by Crippen LogP contribution is -2.19. The molecule has 3 heteroatoms. The molecule has 0 aromatic carbocycles. The number of nitrogens with zero attached hydrogens (tertiary/aromatic N) is 2. The normalized spacial score (nSPS) is 18.1. The van der Waals surface area contributed by atoms with Gasteiger partial charge in [-0.1, -0.05) is 12.8 Å². The third-order valence-electron chi connectivity index (χ3n) is 3.30. The average Bonchev–Trinajstić information content (AvgIpc) is 2.95. The molecule has 1 aliphatic rings. The van der Waals surface area contributed by atoms with Gasteiger partial charge in [0.1, 0.15) is 0 Å². The lowest BCUT2D eigenvalue weighted by Gasteiger charge is -2.16. The van der Waals surface area contributed by atoms with Gasteiger partial charge in [0.25, 0.3) is 0 Å². The van der Waals surface area contributed by atoms with Crippen LogP contribution in [0.2, 0.25) is 0 Å². The Bertz CT molecular complexity index is 326. The Morgan fingerprint density at radius 3 is 2.80 bits per heavy atom. The van der Waals surface area contributed by atoms with Crippen LogP contribution in [0.5, 0.6) is 0 Å². The van der Waals surface area contributed by atoms with Crippen LogP contribution in [-0.2, 0) is 7.05 Å². The summed E-state index contributed by atoms with van der Waals surface area (Å²) in [5.74, 6) is 1.01. The van der Waals surface area contributed by atoms with E-state index < -0.39 is 0 Å². The first-order valence-electron chi connectivity index (χ1n) is 5.88. The van der Waals surface area contributed by atoms with Crippen molar-refractivity contribution in [1.82, 2.24) is 15.1 Å². The molecule has 1 atom stereocenters. The van der Waals surface area contributed by atoms with Crippen molar-refractivity contribution >= 4 is 0 Å². The maximum atomic E-state index is 4.40. The number of hydrogen-bond acceptors (Lipinski definition) is 2. The zero-order valence-corrected chi connectivity index (χ0v) is 9.95. The van der Waals surface area contributed by atoms with Gasteiger partial charge in [0.15, 0.2) is 0 Å². The summed E-state index contributed by atoms with van der Waals surface area (Å²) in [5, 5.41) is 7.79. The fourth-order valence-electron chi connectivity index (χ4n) is 2.21. The van der Waals surface area contributed by atoms with Crippen LogP contribution in [-0.4, -0.2) is 16.8 Å². The first-order chi connectivity index (χ1) is 7.20. The minimum atomic E-state index is 0.469. The van der Waals surface area contributed by atoms with Crippen molar-refractivity contribution in [3.63, 3.8) is 0 Å². The van der Waals surface area contributed by atoms with Gasteiger partial charge in [0, 0.05) is 13.1 Å². The van der Waals surface area contributed by atoms with Crippen molar-refractivity contribution in [2.45, 2.75) is 38.6 Å². The second-order valence-electron chi connectivity index (χ2n) is 4.70. The average molecular weight is 207 g/mol. The predicted octanol–water partition coefficient (Wildman–Crippen LogP) is 2.18. The molecule has 1 saturated carbocycles. The minimum Gasteiger partial charge on any atom is -0.312 e. The number of hydrogen-bond donors (Lipinski definition) is 1. The molecule has 1 aromatic heterocycles. The Labute approximate surface area is 91.9 Å². The van der Waals surface area contributed by atoms with Crippen molar-refractivity contribution < 1.29 is 0 Å². The highest BCUT2D eigenvalue weighted by Gasteiger charge is 2.23. The summed E-state index contributed by atoms with van der Waals surface area (Å²) >= 11 is 0. The Morgan fingerprint density at radius 2 is 2.33 bits per heavy atom. The molecule has 0 amide bonds. The van der Waals surface area contributed by atoms with Crippen LogP contribution in [0.4, 0.5) is 0 Å². The topological polar surface area (TPSA) is 29.9 Å². The largest absolute Gasteiger partial charge is 0.312 e. The molecule has 3 nitrogen and oxygen atoms in total. The molecule has 0 spiro atoms. The van der Waals surface area contributed by atoms with E-state index in [-0.39, 0.29) is 0 Å². The van der Waals surface area contributed by atoms with Crippen LogP contribution < -0.4 is 5.32 Å². The molecule has 1 unspecified atom stereocenters. The van der Waals surface area contributed by atoms with Crippen molar-refractivity contribution in [3.05, 3.63) is 17.5 Å². The Kier molecular flexibility index (Phi) is 3.10. The van der Waals surface area contributed by atoms with Crippen LogP contribution in [0, 0.1) is 12.8 Å². The summed E-state index contributed by atoms with van der Waals surface area (Å²) in [6, 6.07) is 2.66. The second kappa shape index (κ2) is 4.35. The quantitative estimate of drug-likeness (QED) is 0.802. The number of aryl methyl sites for hydroxylation is 2. The zero-order chi connectivity index (χ0) is 10.8. The van der Waals surface area contributed by atoms with E-state index in [1.807, 2.05) is 18.8 Å². The first kappa shape index (κ1) is 10.7. The third kappa shape index (κ3) is 2.59. The highest BCUT2D eigenvalue weighted by atomic mass is 15.3. The van der Waals surface area contributed by atoms with Crippen molar-refractivity contribution in [3.8, 4) is 0 Å². The zero-order valence-electron chi connectivity index (χ0n) is 9.95. The van der Waals surface area contributed by atoms with E-state index in [1.54, 1.807) is 0 Å². The maximum Gasteiger partial charge on any atom is 0.0597 e. The fourth-order valence-corrected chi connectivity index (χ4v) is 2.21. The van der Waals surface area contributed by atoms with Gasteiger partial charge in [-0.3, -0.25) is 4.68 Å².